The van der Waals surface area contributed by atoms with Crippen LogP contribution in [0.2, 0.25) is 0 Å². The number of aromatic nitrogens is 4. The summed E-state index contributed by atoms with van der Waals surface area (Å²) < 4.78 is 33.8. The number of carboxylic acids is 1. The number of nitrogens with one attached hydrogen (secondary N) is 1. The summed E-state index contributed by atoms with van der Waals surface area (Å²) in [5, 5.41) is 18.1. The number of alkyl halides is 3. The van der Waals surface area contributed by atoms with Gasteiger partial charge in [-0.15, -0.1) is 21.5 Å². The summed E-state index contributed by atoms with van der Waals surface area (Å²) in [4.78, 5) is 29.2. The Morgan fingerprint density at radius 1 is 1.25 bits per heavy atom. The first-order valence-electron chi connectivity index (χ1n) is 10.1. The first kappa shape index (κ1) is 24.1. The zero-order valence-corrected chi connectivity index (χ0v) is 18.6. The number of fused-ring (bicyclic) bond motifs is 1. The van der Waals surface area contributed by atoms with Gasteiger partial charge in [0.15, 0.2) is 0 Å². The van der Waals surface area contributed by atoms with Gasteiger partial charge in [-0.2, -0.15) is 13.2 Å². The number of likely N-dealkylation sites (tertiary alicyclic amines) is 1. The highest BCUT2D eigenvalue weighted by Gasteiger charge is 2.40. The number of rotatable bonds is 3. The van der Waals surface area contributed by atoms with E-state index in [2.05, 4.69) is 32.3 Å². The van der Waals surface area contributed by atoms with E-state index in [9.17, 15) is 18.0 Å². The van der Waals surface area contributed by atoms with Gasteiger partial charge in [-0.25, -0.2) is 9.78 Å². The summed E-state index contributed by atoms with van der Waals surface area (Å²) in [5.74, 6) is -1.49. The molecule has 32 heavy (non-hydrogen) atoms. The van der Waals surface area contributed by atoms with Gasteiger partial charge < -0.3 is 15.0 Å². The molecule has 1 amide bonds. The lowest BCUT2D eigenvalue weighted by Gasteiger charge is -2.44. The quantitative estimate of drug-likeness (QED) is 0.702. The Labute approximate surface area is 186 Å². The molecule has 0 bridgehead atoms. The zero-order chi connectivity index (χ0) is 23.5. The molecule has 2 aliphatic heterocycles. The van der Waals surface area contributed by atoms with E-state index in [1.807, 2.05) is 10.1 Å². The second-order valence-electron chi connectivity index (χ2n) is 8.05. The van der Waals surface area contributed by atoms with Gasteiger partial charge in [0.1, 0.15) is 5.82 Å². The summed E-state index contributed by atoms with van der Waals surface area (Å²) in [6.07, 6.45) is -0.699. The van der Waals surface area contributed by atoms with E-state index in [4.69, 9.17) is 9.90 Å². The monoisotopic (exact) mass is 474 g/mol. The molecule has 176 valence electrons. The van der Waals surface area contributed by atoms with E-state index in [0.717, 1.165) is 63.4 Å². The molecule has 1 saturated heterocycles. The van der Waals surface area contributed by atoms with Gasteiger partial charge in [0, 0.05) is 31.4 Å². The number of carboxylic acid groups (broad SMARTS) is 1. The van der Waals surface area contributed by atoms with E-state index < -0.39 is 12.1 Å². The lowest BCUT2D eigenvalue weighted by Crippen LogP contribution is -2.44. The predicted molar refractivity (Wildman–Crippen MR) is 109 cm³/mol. The van der Waals surface area contributed by atoms with Gasteiger partial charge in [-0.1, -0.05) is 0 Å². The van der Waals surface area contributed by atoms with Gasteiger partial charge in [-0.05, 0) is 44.7 Å². The Bertz CT molecular complexity index is 966. The molecular weight excluding hydrogens is 449 g/mol. The number of nitrogens with zero attached hydrogens (tertiary/aromatic N) is 5. The summed E-state index contributed by atoms with van der Waals surface area (Å²) in [6, 6.07) is 0. The van der Waals surface area contributed by atoms with Crippen LogP contribution in [0.4, 0.5) is 13.2 Å². The molecule has 2 aliphatic rings. The van der Waals surface area contributed by atoms with E-state index in [1.54, 1.807) is 18.4 Å². The third-order valence-corrected chi connectivity index (χ3v) is 6.92. The highest BCUT2D eigenvalue weighted by atomic mass is 32.1. The third kappa shape index (κ3) is 5.44. The molecule has 0 radical (unpaired) electrons. The Balaban J connectivity index is 0.000000360. The van der Waals surface area contributed by atoms with Gasteiger partial charge in [0.2, 0.25) is 5.82 Å². The summed E-state index contributed by atoms with van der Waals surface area (Å²) in [6.45, 7) is 6.17. The van der Waals surface area contributed by atoms with Crippen molar-refractivity contribution in [1.82, 2.24) is 30.0 Å². The van der Waals surface area contributed by atoms with Crippen molar-refractivity contribution in [3.63, 3.8) is 0 Å². The molecule has 0 atom stereocenters. The number of thiazole rings is 1. The summed E-state index contributed by atoms with van der Waals surface area (Å²) in [7, 11) is 1.64. The number of amides is 1. The number of halogens is 3. The molecule has 4 heterocycles. The largest absolute Gasteiger partial charge is 0.490 e. The fourth-order valence-electron chi connectivity index (χ4n) is 4.03. The molecule has 2 N–H and O–H groups in total. The Morgan fingerprint density at radius 3 is 2.44 bits per heavy atom. The number of aryl methyl sites for hydroxylation is 2. The van der Waals surface area contributed by atoms with Gasteiger partial charge in [0.05, 0.1) is 11.2 Å². The maximum atomic E-state index is 12.0. The summed E-state index contributed by atoms with van der Waals surface area (Å²) >= 11 is 1.75. The molecule has 2 aromatic heterocycles. The van der Waals surface area contributed by atoms with E-state index >= 15 is 0 Å². The topological polar surface area (TPSA) is 113 Å². The van der Waals surface area contributed by atoms with Crippen LogP contribution in [0.3, 0.4) is 0 Å². The number of carbonyl (C=O) groups is 2. The van der Waals surface area contributed by atoms with Crippen molar-refractivity contribution in [1.29, 1.82) is 0 Å². The number of hydrogen-bond donors (Lipinski definition) is 2. The highest BCUT2D eigenvalue weighted by molar-refractivity contribution is 7.09. The second kappa shape index (κ2) is 9.53. The van der Waals surface area contributed by atoms with Crippen LogP contribution in [0.15, 0.2) is 5.51 Å². The van der Waals surface area contributed by atoms with Gasteiger partial charge in [0.25, 0.3) is 5.91 Å². The molecule has 4 rings (SSSR count). The molecule has 0 aliphatic carbocycles. The smallest absolute Gasteiger partial charge is 0.475 e. The minimum Gasteiger partial charge on any atom is -0.475 e. The van der Waals surface area contributed by atoms with E-state index in [1.165, 1.54) is 4.88 Å². The normalized spacial score (nSPS) is 17.9. The third-order valence-electron chi connectivity index (χ3n) is 6.00. The van der Waals surface area contributed by atoms with Crippen molar-refractivity contribution in [2.75, 3.05) is 20.1 Å². The van der Waals surface area contributed by atoms with Crippen LogP contribution < -0.4 is 5.32 Å². The van der Waals surface area contributed by atoms with Crippen molar-refractivity contribution in [3.8, 4) is 0 Å². The molecule has 1 fully saturated rings. The van der Waals surface area contributed by atoms with Crippen molar-refractivity contribution in [2.24, 2.45) is 5.41 Å². The lowest BCUT2D eigenvalue weighted by molar-refractivity contribution is -0.192. The lowest BCUT2D eigenvalue weighted by atomic mass is 9.73. The fraction of sp³-hybridized carbons (Fsp3) is 0.632. The molecular formula is C19H25F3N6O3S. The van der Waals surface area contributed by atoms with Crippen LogP contribution in [-0.4, -0.2) is 67.9 Å². The Kier molecular flexibility index (Phi) is 7.18. The van der Waals surface area contributed by atoms with Gasteiger partial charge >= 0.3 is 12.1 Å². The molecule has 9 nitrogen and oxygen atoms in total. The highest BCUT2D eigenvalue weighted by Crippen LogP contribution is 2.41. The van der Waals surface area contributed by atoms with Crippen LogP contribution in [0, 0.1) is 12.3 Å². The fourth-order valence-corrected chi connectivity index (χ4v) is 4.85. The SMILES string of the molecule is CNC(=O)c1nnc2n1CC1(CC2)CCN(Cc2scnc2C)CC1.O=C(O)C(F)(F)F. The molecule has 2 aromatic rings. The predicted octanol–water partition coefficient (Wildman–Crippen LogP) is 2.26. The first-order chi connectivity index (χ1) is 15.0. The molecule has 13 heteroatoms. The maximum Gasteiger partial charge on any atom is 0.490 e. The van der Waals surface area contributed by atoms with Crippen LogP contribution in [-0.2, 0) is 24.3 Å². The second-order valence-corrected chi connectivity index (χ2v) is 8.98. The minimum atomic E-state index is -5.08. The van der Waals surface area contributed by atoms with Crippen molar-refractivity contribution >= 4 is 23.2 Å². The van der Waals surface area contributed by atoms with Crippen LogP contribution in [0.5, 0.6) is 0 Å². The van der Waals surface area contributed by atoms with E-state index in [-0.39, 0.29) is 11.3 Å². The molecule has 1 spiro atoms. The van der Waals surface area contributed by atoms with Crippen LogP contribution in [0.25, 0.3) is 0 Å². The number of aliphatic carboxylic acids is 1. The molecule has 0 aromatic carbocycles. The van der Waals surface area contributed by atoms with Gasteiger partial charge in [-0.3, -0.25) is 9.69 Å². The summed E-state index contributed by atoms with van der Waals surface area (Å²) in [5.41, 5.74) is 3.37. The molecule has 0 unspecified atom stereocenters. The molecule has 0 saturated carbocycles. The maximum absolute atomic E-state index is 12.0. The zero-order valence-electron chi connectivity index (χ0n) is 17.8. The van der Waals surface area contributed by atoms with E-state index in [0.29, 0.717) is 5.82 Å². The Morgan fingerprint density at radius 2 is 1.91 bits per heavy atom. The standard InChI is InChI=1S/C17H24N6OS.C2HF3O2/c1-12-13(25-11-19-12)9-22-7-5-17(6-8-22)4-3-14-20-21-15(16(24)18-2)23(14)10-17;3-2(4,5)1(6)7/h11H,3-10H2,1-2H3,(H,18,24);(H,6,7). The minimum absolute atomic E-state index is 0.145. The van der Waals surface area contributed by atoms with Crippen LogP contribution >= 0.6 is 11.3 Å². The van der Waals surface area contributed by atoms with Crippen molar-refractivity contribution < 1.29 is 27.9 Å². The number of carbonyl (C=O) groups excluding carboxylic acids is 1. The Hall–Kier alpha value is -2.54. The average molecular weight is 475 g/mol. The number of hydrogen-bond acceptors (Lipinski definition) is 7. The van der Waals surface area contributed by atoms with Crippen molar-refractivity contribution in [2.45, 2.75) is 51.9 Å². The first-order valence-corrected chi connectivity index (χ1v) is 11.0. The average Bonchev–Trinajstić information content (AvgIpc) is 3.34. The van der Waals surface area contributed by atoms with Crippen LogP contribution in [0.1, 0.15) is 46.3 Å². The number of piperidine rings is 1. The van der Waals surface area contributed by atoms with Crippen molar-refractivity contribution in [3.05, 3.63) is 27.7 Å².